The molecule has 2 aliphatic rings. The van der Waals surface area contributed by atoms with Crippen LogP contribution in [0.3, 0.4) is 0 Å². The van der Waals surface area contributed by atoms with Crippen molar-refractivity contribution in [1.82, 2.24) is 20.2 Å². The van der Waals surface area contributed by atoms with Gasteiger partial charge in [-0.3, -0.25) is 9.59 Å². The summed E-state index contributed by atoms with van der Waals surface area (Å²) in [6.07, 6.45) is 0.551. The number of rotatable bonds is 3. The zero-order valence-electron chi connectivity index (χ0n) is 21.9. The third-order valence-electron chi connectivity index (χ3n) is 6.90. The number of carbonyl (C=O) groups excluding carboxylic acids is 2. The van der Waals surface area contributed by atoms with Gasteiger partial charge in [-0.1, -0.05) is 24.3 Å². The highest BCUT2D eigenvalue weighted by molar-refractivity contribution is 7.92. The fourth-order valence-corrected chi connectivity index (χ4v) is 5.91. The average molecular weight is 552 g/mol. The highest BCUT2D eigenvalue weighted by atomic mass is 32.2. The lowest BCUT2D eigenvalue weighted by atomic mass is 9.98. The van der Waals surface area contributed by atoms with Crippen molar-refractivity contribution in [3.63, 3.8) is 0 Å². The van der Waals surface area contributed by atoms with Crippen LogP contribution in [-0.2, 0) is 19.6 Å². The van der Waals surface area contributed by atoms with E-state index in [-0.39, 0.29) is 47.6 Å². The first-order valence-corrected chi connectivity index (χ1v) is 13.9. The third-order valence-corrected chi connectivity index (χ3v) is 8.23. The van der Waals surface area contributed by atoms with Crippen LogP contribution in [0.5, 0.6) is 5.88 Å². The van der Waals surface area contributed by atoms with Crippen molar-refractivity contribution in [1.29, 1.82) is 0 Å². The lowest BCUT2D eigenvalue weighted by molar-refractivity contribution is -0.139. The van der Waals surface area contributed by atoms with E-state index in [0.717, 1.165) is 16.7 Å². The quantitative estimate of drug-likeness (QED) is 0.506. The summed E-state index contributed by atoms with van der Waals surface area (Å²) < 4.78 is 40.3. The third kappa shape index (κ3) is 5.43. The average Bonchev–Trinajstić information content (AvgIpc) is 2.88. The number of benzene rings is 2. The molecule has 1 aromatic heterocycles. The molecule has 2 amide bonds. The molecule has 2 aliphatic heterocycles. The van der Waals surface area contributed by atoms with Gasteiger partial charge in [0, 0.05) is 50.2 Å². The van der Waals surface area contributed by atoms with Gasteiger partial charge >= 0.3 is 0 Å². The lowest BCUT2D eigenvalue weighted by Crippen LogP contribution is -2.60. The molecule has 0 aliphatic carbocycles. The minimum atomic E-state index is -4.11. The molecule has 204 valence electrons. The molecular weight excluding hydrogens is 522 g/mol. The van der Waals surface area contributed by atoms with Crippen molar-refractivity contribution in [2.45, 2.75) is 37.3 Å². The van der Waals surface area contributed by atoms with Crippen molar-refractivity contribution in [2.24, 2.45) is 0 Å². The van der Waals surface area contributed by atoms with Crippen LogP contribution >= 0.6 is 0 Å². The van der Waals surface area contributed by atoms with E-state index in [9.17, 15) is 18.0 Å². The molecule has 2 N–H and O–H groups in total. The second-order valence-electron chi connectivity index (χ2n) is 9.68. The van der Waals surface area contributed by atoms with Crippen molar-refractivity contribution in [3.05, 3.63) is 65.2 Å². The first kappa shape index (κ1) is 26.6. The number of anilines is 1. The van der Waals surface area contributed by atoms with Crippen LogP contribution in [0.25, 0.3) is 11.3 Å². The topological polar surface area (TPSA) is 140 Å². The Morgan fingerprint density at radius 1 is 1.08 bits per heavy atom. The Bertz CT molecular complexity index is 1530. The fourth-order valence-electron chi connectivity index (χ4n) is 4.92. The maximum atomic E-state index is 13.4. The summed E-state index contributed by atoms with van der Waals surface area (Å²) in [5, 5.41) is 2.96. The molecule has 0 radical (unpaired) electrons. The molecule has 12 heteroatoms. The number of hydrogen-bond donors (Lipinski definition) is 2. The maximum absolute atomic E-state index is 13.4. The smallest absolute Gasteiger partial charge is 0.264 e. The zero-order valence-corrected chi connectivity index (χ0v) is 22.7. The molecule has 1 spiro atoms. The van der Waals surface area contributed by atoms with E-state index >= 15 is 0 Å². The monoisotopic (exact) mass is 551 g/mol. The van der Waals surface area contributed by atoms with Gasteiger partial charge in [0.25, 0.3) is 15.9 Å². The summed E-state index contributed by atoms with van der Waals surface area (Å²) in [6, 6.07) is 13.1. The summed E-state index contributed by atoms with van der Waals surface area (Å²) in [5.41, 5.74) is 2.11. The number of nitrogens with one attached hydrogen (secondary N) is 2. The summed E-state index contributed by atoms with van der Waals surface area (Å²) in [5.74, 6) is -0.740. The molecule has 0 unspecified atom stereocenters. The number of ether oxygens (including phenoxy) is 2. The van der Waals surface area contributed by atoms with E-state index in [1.807, 2.05) is 32.0 Å². The van der Waals surface area contributed by atoms with Crippen LogP contribution in [0.15, 0.2) is 53.4 Å². The van der Waals surface area contributed by atoms with Crippen molar-refractivity contribution in [2.75, 3.05) is 31.5 Å². The molecule has 5 rings (SSSR count). The Morgan fingerprint density at radius 3 is 2.46 bits per heavy atom. The Morgan fingerprint density at radius 2 is 1.77 bits per heavy atom. The summed E-state index contributed by atoms with van der Waals surface area (Å²) in [6.45, 7) is 4.47. The normalized spacial score (nSPS) is 17.7. The lowest BCUT2D eigenvalue weighted by Gasteiger charge is -2.41. The van der Waals surface area contributed by atoms with E-state index in [1.54, 1.807) is 11.0 Å². The Hall–Kier alpha value is -4.03. The van der Waals surface area contributed by atoms with Crippen molar-refractivity contribution < 1.29 is 27.5 Å². The van der Waals surface area contributed by atoms with Gasteiger partial charge < -0.3 is 19.7 Å². The van der Waals surface area contributed by atoms with Crippen LogP contribution in [0.4, 0.5) is 5.95 Å². The number of amides is 2. The van der Waals surface area contributed by atoms with E-state index in [1.165, 1.54) is 31.4 Å². The number of carbonyl (C=O) groups is 2. The number of aromatic nitrogens is 2. The highest BCUT2D eigenvalue weighted by Crippen LogP contribution is 2.33. The van der Waals surface area contributed by atoms with Gasteiger partial charge in [0.1, 0.15) is 6.61 Å². The van der Waals surface area contributed by atoms with E-state index in [0.29, 0.717) is 18.8 Å². The first-order chi connectivity index (χ1) is 18.6. The molecule has 2 aromatic carbocycles. The fraction of sp³-hybridized carbons (Fsp3) is 0.333. The zero-order chi connectivity index (χ0) is 27.8. The summed E-state index contributed by atoms with van der Waals surface area (Å²) in [7, 11) is -2.65. The molecule has 4 bridgehead atoms. The molecule has 39 heavy (non-hydrogen) atoms. The van der Waals surface area contributed by atoms with E-state index < -0.39 is 21.7 Å². The molecule has 3 aromatic rings. The van der Waals surface area contributed by atoms with Gasteiger partial charge in [-0.25, -0.2) is 18.1 Å². The molecule has 1 saturated heterocycles. The van der Waals surface area contributed by atoms with Gasteiger partial charge in [0.2, 0.25) is 17.7 Å². The number of aryl methyl sites for hydroxylation is 2. The number of sulfonamides is 1. The molecular formula is C27H29N5O6S. The number of hydrogen-bond acceptors (Lipinski definition) is 8. The number of likely N-dealkylation sites (tertiary alicyclic amines) is 1. The van der Waals surface area contributed by atoms with Crippen LogP contribution in [-0.4, -0.2) is 67.6 Å². The van der Waals surface area contributed by atoms with Crippen LogP contribution in [0, 0.1) is 13.8 Å². The summed E-state index contributed by atoms with van der Waals surface area (Å²) in [4.78, 5) is 36.2. The van der Waals surface area contributed by atoms with Gasteiger partial charge in [-0.2, -0.15) is 4.98 Å². The Labute approximate surface area is 226 Å². The predicted octanol–water partition coefficient (Wildman–Crippen LogP) is 2.65. The number of nitrogens with zero attached hydrogens (tertiary/aromatic N) is 3. The maximum Gasteiger partial charge on any atom is 0.264 e. The van der Waals surface area contributed by atoms with Gasteiger partial charge in [0.05, 0.1) is 10.6 Å². The van der Waals surface area contributed by atoms with E-state index in [2.05, 4.69) is 20.0 Å². The Kier molecular flexibility index (Phi) is 7.00. The number of fused-ring (bicyclic) bond motifs is 4. The van der Waals surface area contributed by atoms with Crippen LogP contribution in [0.1, 0.15) is 34.3 Å². The van der Waals surface area contributed by atoms with Crippen LogP contribution in [0.2, 0.25) is 0 Å². The van der Waals surface area contributed by atoms with Gasteiger partial charge in [-0.15, -0.1) is 0 Å². The standard InChI is InChI=1S/C27H29N5O6S/c1-17-6-4-7-18(2)24(17)21-15-22-29-26(28-21)31-39(35,36)20-9-5-8-19(14-20)25(34)30-27(38-22)10-12-32(13-11-27)23(33)16-37-3/h4-9,14-15H,10-13,16H2,1-3H3,(H,30,34)(H,28,29,31). The molecule has 0 atom stereocenters. The number of methoxy groups -OCH3 is 1. The highest BCUT2D eigenvalue weighted by Gasteiger charge is 2.40. The van der Waals surface area contributed by atoms with Crippen LogP contribution < -0.4 is 14.8 Å². The predicted molar refractivity (Wildman–Crippen MR) is 143 cm³/mol. The first-order valence-electron chi connectivity index (χ1n) is 12.5. The van der Waals surface area contributed by atoms with Crippen molar-refractivity contribution >= 4 is 27.8 Å². The van der Waals surface area contributed by atoms with E-state index in [4.69, 9.17) is 9.47 Å². The Balaban J connectivity index is 1.63. The van der Waals surface area contributed by atoms with Gasteiger partial charge in [-0.05, 0) is 43.2 Å². The minimum absolute atomic E-state index is 0.0401. The second kappa shape index (κ2) is 10.3. The second-order valence-corrected chi connectivity index (χ2v) is 11.4. The summed E-state index contributed by atoms with van der Waals surface area (Å²) >= 11 is 0. The largest absolute Gasteiger partial charge is 0.451 e. The number of piperidine rings is 1. The minimum Gasteiger partial charge on any atom is -0.451 e. The molecule has 0 saturated carbocycles. The molecule has 1 fully saturated rings. The SMILES string of the molecule is COCC(=O)N1CCC2(CC1)NC(=O)c1cccc(c1)S(=O)(=O)Nc1nc(cc(-c3c(C)cccc3C)n1)O2. The molecule has 11 nitrogen and oxygen atoms in total. The van der Waals surface area contributed by atoms with Crippen molar-refractivity contribution in [3.8, 4) is 17.1 Å². The molecule has 3 heterocycles. The van der Waals surface area contributed by atoms with Gasteiger partial charge in [0.15, 0.2) is 5.72 Å².